The van der Waals surface area contributed by atoms with E-state index in [0.29, 0.717) is 17.8 Å². The predicted molar refractivity (Wildman–Crippen MR) is 115 cm³/mol. The summed E-state index contributed by atoms with van der Waals surface area (Å²) in [6, 6.07) is 6.72. The predicted octanol–water partition coefficient (Wildman–Crippen LogP) is 1.43. The second-order valence-electron chi connectivity index (χ2n) is 8.11. The summed E-state index contributed by atoms with van der Waals surface area (Å²) in [5.41, 5.74) is -2.77. The van der Waals surface area contributed by atoms with E-state index in [-0.39, 0.29) is 37.3 Å². The molecule has 172 valence electrons. The van der Waals surface area contributed by atoms with Crippen molar-refractivity contribution in [2.24, 2.45) is 0 Å². The average molecular weight is 454 g/mol. The first-order valence-electron chi connectivity index (χ1n) is 10.5. The number of carbonyl (C=O) groups excluding carboxylic acids is 3. The molecule has 0 radical (unpaired) electrons. The maximum Gasteiger partial charge on any atom is 0.361 e. The summed E-state index contributed by atoms with van der Waals surface area (Å²) in [4.78, 5) is 38.0. The molecule has 2 aliphatic rings. The molecular weight excluding hydrogens is 431 g/mol. The zero-order chi connectivity index (χ0) is 23.8. The molecule has 9 nitrogen and oxygen atoms in total. The molecule has 10 heteroatoms. The topological polar surface area (TPSA) is 114 Å². The van der Waals surface area contributed by atoms with Gasteiger partial charge in [0.1, 0.15) is 0 Å². The van der Waals surface area contributed by atoms with Crippen molar-refractivity contribution in [3.63, 3.8) is 0 Å². The number of hydrogen-bond acceptors (Lipinski definition) is 6. The molecule has 1 aromatic carbocycles. The number of likely N-dealkylation sites (tertiary alicyclic amines) is 1. The molecule has 0 bridgehead atoms. The number of halogens is 1. The third-order valence-electron chi connectivity index (χ3n) is 5.56. The van der Waals surface area contributed by atoms with E-state index in [1.807, 2.05) is 0 Å². The Morgan fingerprint density at radius 3 is 2.73 bits per heavy atom. The number of nitrogens with one attached hydrogen (secondary N) is 1. The summed E-state index contributed by atoms with van der Waals surface area (Å²) < 4.78 is 20.5. The Hall–Kier alpha value is -3.71. The van der Waals surface area contributed by atoms with E-state index >= 15 is 0 Å². The zero-order valence-corrected chi connectivity index (χ0v) is 18.2. The fourth-order valence-corrected chi connectivity index (χ4v) is 3.39. The number of rotatable bonds is 5. The normalized spacial score (nSPS) is 20.7. The molecule has 1 aromatic heterocycles. The van der Waals surface area contributed by atoms with Gasteiger partial charge in [-0.05, 0) is 38.0 Å². The molecule has 2 heterocycles. The van der Waals surface area contributed by atoms with E-state index in [9.17, 15) is 23.9 Å². The van der Waals surface area contributed by atoms with E-state index in [4.69, 9.17) is 4.74 Å². The summed E-state index contributed by atoms with van der Waals surface area (Å²) in [7, 11) is 1.60. The number of carbonyl (C=O) groups is 3. The van der Waals surface area contributed by atoms with Crippen LogP contribution >= 0.6 is 0 Å². The Labute approximate surface area is 189 Å². The summed E-state index contributed by atoms with van der Waals surface area (Å²) in [6.07, 6.45) is 1.88. The molecule has 1 saturated heterocycles. The molecule has 1 aliphatic heterocycles. The molecule has 1 aliphatic carbocycles. The molecule has 33 heavy (non-hydrogen) atoms. The minimum Gasteiger partial charge on any atom is -0.461 e. The molecule has 2 amide bonds. The highest BCUT2D eigenvalue weighted by atomic mass is 19.1. The van der Waals surface area contributed by atoms with Gasteiger partial charge in [-0.3, -0.25) is 9.59 Å². The van der Waals surface area contributed by atoms with Crippen LogP contribution in [0.15, 0.2) is 30.5 Å². The van der Waals surface area contributed by atoms with Crippen LogP contribution in [0.25, 0.3) is 5.69 Å². The van der Waals surface area contributed by atoms with Gasteiger partial charge in [0, 0.05) is 25.6 Å². The minimum atomic E-state index is -1.92. The number of nitrogens with zero attached hydrogens (tertiary/aromatic N) is 3. The molecule has 2 fully saturated rings. The van der Waals surface area contributed by atoms with Crippen LogP contribution in [-0.2, 0) is 14.3 Å². The highest BCUT2D eigenvalue weighted by Crippen LogP contribution is 2.40. The van der Waals surface area contributed by atoms with E-state index < -0.39 is 29.1 Å². The van der Waals surface area contributed by atoms with E-state index in [1.54, 1.807) is 38.2 Å². The van der Waals surface area contributed by atoms with Gasteiger partial charge in [0.05, 0.1) is 24.2 Å². The van der Waals surface area contributed by atoms with Crippen LogP contribution in [0.2, 0.25) is 0 Å². The summed E-state index contributed by atoms with van der Waals surface area (Å²) in [5, 5.41) is 17.1. The lowest BCUT2D eigenvalue weighted by molar-refractivity contribution is -0.137. The van der Waals surface area contributed by atoms with Crippen molar-refractivity contribution in [3.8, 4) is 17.5 Å². The lowest BCUT2D eigenvalue weighted by Gasteiger charge is -2.13. The number of amides is 2. The Morgan fingerprint density at radius 1 is 1.33 bits per heavy atom. The minimum absolute atomic E-state index is 0.0350. The molecular formula is C23H23FN4O5. The number of anilines is 1. The molecule has 0 unspecified atom stereocenters. The van der Waals surface area contributed by atoms with Crippen LogP contribution in [-0.4, -0.2) is 69.0 Å². The summed E-state index contributed by atoms with van der Waals surface area (Å²) >= 11 is 0. The largest absolute Gasteiger partial charge is 0.461 e. The lowest BCUT2D eigenvalue weighted by Crippen LogP contribution is -2.37. The summed E-state index contributed by atoms with van der Waals surface area (Å²) in [5.74, 6) is 3.43. The maximum atomic E-state index is 14.1. The molecule has 1 atom stereocenters. The van der Waals surface area contributed by atoms with Crippen LogP contribution in [0.5, 0.6) is 0 Å². The number of hydrogen-bond donors (Lipinski definition) is 2. The fourth-order valence-electron chi connectivity index (χ4n) is 3.39. The van der Waals surface area contributed by atoms with Gasteiger partial charge in [-0.15, -0.1) is 0 Å². The van der Waals surface area contributed by atoms with Gasteiger partial charge < -0.3 is 20.1 Å². The van der Waals surface area contributed by atoms with E-state index in [0.717, 1.165) is 0 Å². The van der Waals surface area contributed by atoms with Crippen molar-refractivity contribution in [3.05, 3.63) is 41.7 Å². The van der Waals surface area contributed by atoms with E-state index in [2.05, 4.69) is 22.3 Å². The van der Waals surface area contributed by atoms with E-state index in [1.165, 1.54) is 15.8 Å². The maximum absolute atomic E-state index is 14.1. The molecule has 4 rings (SSSR count). The quantitative estimate of drug-likeness (QED) is 0.522. The van der Waals surface area contributed by atoms with Gasteiger partial charge in [-0.2, -0.15) is 5.10 Å². The van der Waals surface area contributed by atoms with Crippen LogP contribution in [0.4, 0.5) is 10.1 Å². The number of aliphatic hydroxyl groups is 1. The highest BCUT2D eigenvalue weighted by Gasteiger charge is 2.51. The second kappa shape index (κ2) is 8.33. The fraction of sp³-hybridized carbons (Fsp3) is 0.391. The van der Waals surface area contributed by atoms with Crippen molar-refractivity contribution >= 4 is 23.5 Å². The van der Waals surface area contributed by atoms with Crippen molar-refractivity contribution < 1.29 is 28.6 Å². The number of esters is 1. The highest BCUT2D eigenvalue weighted by molar-refractivity contribution is 6.04. The number of ether oxygens (including phenoxy) is 1. The van der Waals surface area contributed by atoms with Crippen molar-refractivity contribution in [1.29, 1.82) is 0 Å². The Kier molecular flexibility index (Phi) is 5.68. The first kappa shape index (κ1) is 22.5. The van der Waals surface area contributed by atoms with Gasteiger partial charge in [-0.1, -0.05) is 17.9 Å². The Bertz CT molecular complexity index is 1190. The lowest BCUT2D eigenvalue weighted by atomic mass is 10.0. The second-order valence-corrected chi connectivity index (χ2v) is 8.11. The smallest absolute Gasteiger partial charge is 0.361 e. The summed E-state index contributed by atoms with van der Waals surface area (Å²) in [6.45, 7) is 2.16. The standard InChI is InChI=1S/C23H23FN4O5/c1-3-33-19(29)18-17(25-20(30)22(24)9-10-22)14-28(26-18)16-6-4-5-15(13-16)7-8-23(32)11-12-27(2)21(23)31/h4-6,13-14,32H,3,9-12H2,1-2H3,(H,25,30)/t23-/m0/s1. The number of alkyl halides is 1. The van der Waals surface area contributed by atoms with Crippen molar-refractivity contribution in [2.45, 2.75) is 37.5 Å². The average Bonchev–Trinajstić information content (AvgIpc) is 3.33. The van der Waals surface area contributed by atoms with Gasteiger partial charge in [0.15, 0.2) is 11.4 Å². The zero-order valence-electron chi connectivity index (χ0n) is 18.2. The van der Waals surface area contributed by atoms with Gasteiger partial charge in [-0.25, -0.2) is 13.9 Å². The van der Waals surface area contributed by atoms with Gasteiger partial charge in [0.2, 0.25) is 5.60 Å². The molecule has 2 N–H and O–H groups in total. The molecule has 0 spiro atoms. The number of aromatic nitrogens is 2. The van der Waals surface area contributed by atoms with Crippen LogP contribution in [0, 0.1) is 11.8 Å². The Balaban J connectivity index is 1.63. The van der Waals surface area contributed by atoms with Crippen molar-refractivity contribution in [1.82, 2.24) is 14.7 Å². The SMILES string of the molecule is CCOC(=O)c1nn(-c2cccc(C#C[C@]3(O)CCN(C)C3=O)c2)cc1NC(=O)C1(F)CC1. The first-order valence-corrected chi connectivity index (χ1v) is 10.5. The number of likely N-dealkylation sites (N-methyl/N-ethyl adjacent to an activating group) is 1. The van der Waals surface area contributed by atoms with Crippen molar-refractivity contribution in [2.75, 3.05) is 25.5 Å². The van der Waals surface area contributed by atoms with Gasteiger partial charge in [0.25, 0.3) is 11.8 Å². The molecule has 1 saturated carbocycles. The third-order valence-corrected chi connectivity index (χ3v) is 5.56. The monoisotopic (exact) mass is 454 g/mol. The Morgan fingerprint density at radius 2 is 2.09 bits per heavy atom. The van der Waals surface area contributed by atoms with Crippen LogP contribution in [0.1, 0.15) is 42.2 Å². The third kappa shape index (κ3) is 4.45. The van der Waals surface area contributed by atoms with Crippen LogP contribution < -0.4 is 5.32 Å². The van der Waals surface area contributed by atoms with Gasteiger partial charge >= 0.3 is 5.97 Å². The number of benzene rings is 1. The first-order chi connectivity index (χ1) is 15.6. The van der Waals surface area contributed by atoms with Crippen LogP contribution in [0.3, 0.4) is 0 Å². The molecule has 2 aromatic rings.